The molecule has 3 rings (SSSR count). The summed E-state index contributed by atoms with van der Waals surface area (Å²) in [5.74, 6) is 1.36. The van der Waals surface area contributed by atoms with Crippen molar-refractivity contribution in [2.24, 2.45) is 0 Å². The molecule has 3 aromatic rings. The Morgan fingerprint density at radius 3 is 2.50 bits per heavy atom. The van der Waals surface area contributed by atoms with Crippen LogP contribution in [0.4, 0.5) is 5.69 Å². The molecule has 0 saturated carbocycles. The molecule has 0 bridgehead atoms. The first-order chi connectivity index (χ1) is 12.5. The molecule has 0 aliphatic rings. The molecule has 26 heavy (non-hydrogen) atoms. The van der Waals surface area contributed by atoms with Gasteiger partial charge in [0.1, 0.15) is 17.3 Å². The minimum atomic E-state index is -0.280. The van der Waals surface area contributed by atoms with E-state index in [1.807, 2.05) is 19.1 Å². The molecule has 134 valence electrons. The van der Waals surface area contributed by atoms with Gasteiger partial charge < -0.3 is 14.5 Å². The number of halogens is 2. The Morgan fingerprint density at radius 1 is 1.12 bits per heavy atom. The van der Waals surface area contributed by atoms with E-state index in [1.165, 1.54) is 0 Å². The number of hydrogen-bond acceptors (Lipinski definition) is 3. The van der Waals surface area contributed by atoms with E-state index >= 15 is 0 Å². The predicted molar refractivity (Wildman–Crippen MR) is 104 cm³/mol. The lowest BCUT2D eigenvalue weighted by atomic mass is 10.1. The van der Waals surface area contributed by atoms with Crippen LogP contribution >= 0.6 is 23.2 Å². The largest absolute Gasteiger partial charge is 0.492 e. The molecule has 1 heterocycles. The highest BCUT2D eigenvalue weighted by atomic mass is 35.5. The maximum absolute atomic E-state index is 12.7. The topological polar surface area (TPSA) is 51.5 Å². The SMILES string of the molecule is CCOc1ccccc1NC(=O)c1cc(-c2cc(Cl)cc(Cl)c2)oc1C. The average molecular weight is 390 g/mol. The summed E-state index contributed by atoms with van der Waals surface area (Å²) in [5, 5.41) is 3.86. The maximum atomic E-state index is 12.7. The van der Waals surface area contributed by atoms with E-state index in [0.29, 0.717) is 50.7 Å². The first-order valence-electron chi connectivity index (χ1n) is 8.08. The molecule has 1 N–H and O–H groups in total. The van der Waals surface area contributed by atoms with Crippen molar-refractivity contribution in [1.82, 2.24) is 0 Å². The second-order valence-electron chi connectivity index (χ2n) is 5.62. The van der Waals surface area contributed by atoms with Crippen molar-refractivity contribution in [3.8, 4) is 17.1 Å². The number of benzene rings is 2. The van der Waals surface area contributed by atoms with Crippen LogP contribution in [0.5, 0.6) is 5.75 Å². The van der Waals surface area contributed by atoms with Crippen LogP contribution in [0.2, 0.25) is 10.0 Å². The molecule has 0 unspecified atom stereocenters. The van der Waals surface area contributed by atoms with Gasteiger partial charge in [-0.1, -0.05) is 35.3 Å². The van der Waals surface area contributed by atoms with E-state index in [-0.39, 0.29) is 5.91 Å². The van der Waals surface area contributed by atoms with Crippen LogP contribution in [-0.4, -0.2) is 12.5 Å². The Bertz CT molecular complexity index is 930. The minimum Gasteiger partial charge on any atom is -0.492 e. The van der Waals surface area contributed by atoms with Gasteiger partial charge in [-0.25, -0.2) is 0 Å². The van der Waals surface area contributed by atoms with Gasteiger partial charge in [-0.3, -0.25) is 4.79 Å². The van der Waals surface area contributed by atoms with Gasteiger partial charge in [0.05, 0.1) is 17.9 Å². The molecule has 4 nitrogen and oxygen atoms in total. The number of ether oxygens (including phenoxy) is 1. The van der Waals surface area contributed by atoms with Crippen molar-refractivity contribution in [1.29, 1.82) is 0 Å². The molecule has 0 atom stereocenters. The minimum absolute atomic E-state index is 0.280. The molecule has 0 aliphatic carbocycles. The number of nitrogens with one attached hydrogen (secondary N) is 1. The highest BCUT2D eigenvalue weighted by Gasteiger charge is 2.18. The van der Waals surface area contributed by atoms with Gasteiger partial charge in [-0.05, 0) is 50.2 Å². The summed E-state index contributed by atoms with van der Waals surface area (Å²) >= 11 is 12.1. The number of amides is 1. The van der Waals surface area contributed by atoms with E-state index in [0.717, 1.165) is 0 Å². The molecule has 0 saturated heterocycles. The number of carbonyl (C=O) groups excluding carboxylic acids is 1. The fourth-order valence-electron chi connectivity index (χ4n) is 2.59. The zero-order chi connectivity index (χ0) is 18.7. The van der Waals surface area contributed by atoms with Gasteiger partial charge in [-0.15, -0.1) is 0 Å². The summed E-state index contributed by atoms with van der Waals surface area (Å²) in [5.41, 5.74) is 1.74. The Morgan fingerprint density at radius 2 is 1.81 bits per heavy atom. The van der Waals surface area contributed by atoms with Gasteiger partial charge in [0.25, 0.3) is 5.91 Å². The number of rotatable bonds is 5. The van der Waals surface area contributed by atoms with Crippen LogP contribution in [0, 0.1) is 6.92 Å². The second-order valence-corrected chi connectivity index (χ2v) is 6.49. The van der Waals surface area contributed by atoms with Gasteiger partial charge in [0.2, 0.25) is 0 Å². The maximum Gasteiger partial charge on any atom is 0.259 e. The van der Waals surface area contributed by atoms with E-state index in [9.17, 15) is 4.79 Å². The van der Waals surface area contributed by atoms with E-state index in [2.05, 4.69) is 5.32 Å². The summed E-state index contributed by atoms with van der Waals surface area (Å²) < 4.78 is 11.3. The van der Waals surface area contributed by atoms with Crippen molar-refractivity contribution < 1.29 is 13.9 Å². The summed E-state index contributed by atoms with van der Waals surface area (Å²) in [6, 6.07) is 14.1. The van der Waals surface area contributed by atoms with E-state index in [1.54, 1.807) is 43.3 Å². The summed E-state index contributed by atoms with van der Waals surface area (Å²) in [4.78, 5) is 12.7. The van der Waals surface area contributed by atoms with Crippen molar-refractivity contribution in [2.45, 2.75) is 13.8 Å². The van der Waals surface area contributed by atoms with Crippen molar-refractivity contribution in [3.05, 3.63) is 69.9 Å². The van der Waals surface area contributed by atoms with Crippen LogP contribution in [0.15, 0.2) is 52.9 Å². The zero-order valence-electron chi connectivity index (χ0n) is 14.3. The molecule has 1 amide bonds. The van der Waals surface area contributed by atoms with Crippen LogP contribution in [0.3, 0.4) is 0 Å². The summed E-state index contributed by atoms with van der Waals surface area (Å²) in [6.07, 6.45) is 0. The highest BCUT2D eigenvalue weighted by molar-refractivity contribution is 6.35. The number of furan rings is 1. The summed E-state index contributed by atoms with van der Waals surface area (Å²) in [7, 11) is 0. The van der Waals surface area contributed by atoms with Gasteiger partial charge in [0, 0.05) is 15.6 Å². The van der Waals surface area contributed by atoms with Crippen molar-refractivity contribution in [2.75, 3.05) is 11.9 Å². The fraction of sp³-hybridized carbons (Fsp3) is 0.150. The third kappa shape index (κ3) is 4.03. The smallest absolute Gasteiger partial charge is 0.259 e. The fourth-order valence-corrected chi connectivity index (χ4v) is 3.11. The molecule has 0 fully saturated rings. The summed E-state index contributed by atoms with van der Waals surface area (Å²) in [6.45, 7) is 4.14. The molecular formula is C20H17Cl2NO3. The number of carbonyl (C=O) groups is 1. The number of aryl methyl sites for hydroxylation is 1. The third-order valence-electron chi connectivity index (χ3n) is 3.74. The molecule has 1 aromatic heterocycles. The van der Waals surface area contributed by atoms with Gasteiger partial charge in [0.15, 0.2) is 0 Å². The number of hydrogen-bond donors (Lipinski definition) is 1. The van der Waals surface area contributed by atoms with E-state index < -0.39 is 0 Å². The monoisotopic (exact) mass is 389 g/mol. The van der Waals surface area contributed by atoms with Crippen molar-refractivity contribution >= 4 is 34.8 Å². The Balaban J connectivity index is 1.88. The molecular weight excluding hydrogens is 373 g/mol. The normalized spacial score (nSPS) is 10.6. The van der Waals surface area contributed by atoms with Crippen LogP contribution < -0.4 is 10.1 Å². The molecule has 6 heteroatoms. The van der Waals surface area contributed by atoms with Gasteiger partial charge in [-0.2, -0.15) is 0 Å². The van der Waals surface area contributed by atoms with Crippen LogP contribution in [-0.2, 0) is 0 Å². The molecule has 0 aliphatic heterocycles. The Labute approximate surface area is 161 Å². The zero-order valence-corrected chi connectivity index (χ0v) is 15.8. The standard InChI is InChI=1S/C20H17Cl2NO3/c1-3-25-18-7-5-4-6-17(18)23-20(24)16-11-19(26-12(16)2)13-8-14(21)10-15(22)9-13/h4-11H,3H2,1-2H3,(H,23,24). The molecule has 0 radical (unpaired) electrons. The lowest BCUT2D eigenvalue weighted by Crippen LogP contribution is -2.13. The van der Waals surface area contributed by atoms with Crippen LogP contribution in [0.25, 0.3) is 11.3 Å². The second kappa shape index (κ2) is 7.85. The number of anilines is 1. The number of para-hydroxylation sites is 2. The highest BCUT2D eigenvalue weighted by Crippen LogP contribution is 2.31. The molecule has 0 spiro atoms. The first kappa shape index (κ1) is 18.4. The first-order valence-corrected chi connectivity index (χ1v) is 8.83. The lowest BCUT2D eigenvalue weighted by Gasteiger charge is -2.10. The van der Waals surface area contributed by atoms with Crippen molar-refractivity contribution in [3.63, 3.8) is 0 Å². The molecule has 2 aromatic carbocycles. The Hall–Kier alpha value is -2.43. The average Bonchev–Trinajstić information content (AvgIpc) is 2.98. The van der Waals surface area contributed by atoms with E-state index in [4.69, 9.17) is 32.4 Å². The lowest BCUT2D eigenvalue weighted by molar-refractivity contribution is 0.102. The van der Waals surface area contributed by atoms with Gasteiger partial charge >= 0.3 is 0 Å². The third-order valence-corrected chi connectivity index (χ3v) is 4.18. The predicted octanol–water partition coefficient (Wildman–Crippen LogP) is 6.21. The van der Waals surface area contributed by atoms with Crippen LogP contribution in [0.1, 0.15) is 23.0 Å². The Kier molecular flexibility index (Phi) is 5.55. The quantitative estimate of drug-likeness (QED) is 0.563.